The number of furan rings is 1. The van der Waals surface area contributed by atoms with Gasteiger partial charge in [-0.2, -0.15) is 0 Å². The quantitative estimate of drug-likeness (QED) is 0.172. The Hall–Kier alpha value is -6.65. The number of rotatable bonds is 6. The van der Waals surface area contributed by atoms with Gasteiger partial charge in [-0.15, -0.1) is 0 Å². The van der Waals surface area contributed by atoms with Crippen LogP contribution in [0.3, 0.4) is 0 Å². The Kier molecular flexibility index (Phi) is 6.15. The molecule has 10 rings (SSSR count). The fourth-order valence-corrected chi connectivity index (χ4v) is 7.15. The molecule has 0 aliphatic heterocycles. The lowest BCUT2D eigenvalue weighted by atomic mass is 10.0. The second-order valence-corrected chi connectivity index (χ2v) is 12.4. The number of fused-ring (bicyclic) bond motifs is 3. The van der Waals surface area contributed by atoms with Crippen LogP contribution >= 0.6 is 0 Å². The van der Waals surface area contributed by atoms with E-state index in [0.29, 0.717) is 5.89 Å². The van der Waals surface area contributed by atoms with Gasteiger partial charge in [0.1, 0.15) is 16.7 Å². The Morgan fingerprint density at radius 3 is 1.51 bits per heavy atom. The molecule has 2 heterocycles. The first-order valence-corrected chi connectivity index (χ1v) is 16.5. The number of anilines is 3. The number of nitrogens with zero attached hydrogens (tertiary/aromatic N) is 2. The van der Waals surface area contributed by atoms with Crippen LogP contribution in [0.5, 0.6) is 0 Å². The zero-order valence-electron chi connectivity index (χ0n) is 26.4. The summed E-state index contributed by atoms with van der Waals surface area (Å²) in [4.78, 5) is 7.41. The van der Waals surface area contributed by atoms with Gasteiger partial charge < -0.3 is 13.7 Å². The number of hydrogen-bond acceptors (Lipinski definition) is 4. The first kappa shape index (κ1) is 27.5. The van der Waals surface area contributed by atoms with E-state index in [1.807, 2.05) is 36.4 Å². The van der Waals surface area contributed by atoms with Gasteiger partial charge in [-0.05, 0) is 76.9 Å². The van der Waals surface area contributed by atoms with Gasteiger partial charge in [0, 0.05) is 44.2 Å². The highest BCUT2D eigenvalue weighted by atomic mass is 16.3. The van der Waals surface area contributed by atoms with Crippen molar-refractivity contribution in [2.24, 2.45) is 0 Å². The average molecular weight is 629 g/mol. The first-order valence-electron chi connectivity index (χ1n) is 16.5. The van der Waals surface area contributed by atoms with E-state index in [9.17, 15) is 0 Å². The van der Waals surface area contributed by atoms with E-state index in [1.165, 1.54) is 22.3 Å². The van der Waals surface area contributed by atoms with Crippen LogP contribution in [0.1, 0.15) is 0 Å². The van der Waals surface area contributed by atoms with Gasteiger partial charge in [-0.25, -0.2) is 4.98 Å². The third kappa shape index (κ3) is 4.49. The third-order valence-corrected chi connectivity index (χ3v) is 9.47. The molecule has 0 bridgehead atoms. The van der Waals surface area contributed by atoms with Gasteiger partial charge in [-0.1, -0.05) is 115 Å². The Balaban J connectivity index is 1.11. The molecule has 0 amide bonds. The van der Waals surface area contributed by atoms with Crippen LogP contribution in [0, 0.1) is 0 Å². The predicted molar refractivity (Wildman–Crippen MR) is 201 cm³/mol. The highest BCUT2D eigenvalue weighted by Gasteiger charge is 2.22. The maximum atomic E-state index is 6.64. The maximum Gasteiger partial charge on any atom is 0.227 e. The fraction of sp³-hybridized carbons (Fsp3) is 0. The topological polar surface area (TPSA) is 42.4 Å². The minimum absolute atomic E-state index is 0.585. The van der Waals surface area contributed by atoms with Gasteiger partial charge in [0.25, 0.3) is 0 Å². The van der Waals surface area contributed by atoms with E-state index < -0.39 is 0 Å². The highest BCUT2D eigenvalue weighted by molar-refractivity contribution is 6.31. The van der Waals surface area contributed by atoms with E-state index in [0.717, 1.165) is 66.4 Å². The van der Waals surface area contributed by atoms with Gasteiger partial charge in [0.05, 0.1) is 0 Å². The van der Waals surface area contributed by atoms with Crippen molar-refractivity contribution in [1.82, 2.24) is 4.98 Å². The Labute approximate surface area is 282 Å². The van der Waals surface area contributed by atoms with Gasteiger partial charge in [0.2, 0.25) is 5.89 Å². The summed E-state index contributed by atoms with van der Waals surface area (Å²) in [7, 11) is 0. The SMILES string of the molecule is c1ccc(-c2ccc(N(c3ccc(-c4ccccc4)cc3)c3cccc(-c4nc5c6cccc7oc8cccc(c5o4)c8c76)c3)cc2)cc1. The molecule has 2 aromatic heterocycles. The molecule has 10 aromatic rings. The minimum atomic E-state index is 0.585. The van der Waals surface area contributed by atoms with Crippen LogP contribution in [-0.4, -0.2) is 4.98 Å². The summed E-state index contributed by atoms with van der Waals surface area (Å²) in [5.41, 5.74) is 12.1. The van der Waals surface area contributed by atoms with Gasteiger partial charge in [-0.3, -0.25) is 0 Å². The molecule has 0 unspecified atom stereocenters. The molecule has 0 atom stereocenters. The molecule has 4 nitrogen and oxygen atoms in total. The molecule has 0 radical (unpaired) electrons. The monoisotopic (exact) mass is 628 g/mol. The summed E-state index contributed by atoms with van der Waals surface area (Å²) in [5, 5.41) is 4.23. The van der Waals surface area contributed by atoms with Gasteiger partial charge in [0.15, 0.2) is 5.58 Å². The maximum absolute atomic E-state index is 6.64. The van der Waals surface area contributed by atoms with E-state index in [-0.39, 0.29) is 0 Å². The lowest BCUT2D eigenvalue weighted by molar-refractivity contribution is 0.623. The lowest BCUT2D eigenvalue weighted by Crippen LogP contribution is -2.10. The molecule has 0 aliphatic rings. The van der Waals surface area contributed by atoms with Crippen LogP contribution in [0.25, 0.3) is 77.5 Å². The van der Waals surface area contributed by atoms with Crippen molar-refractivity contribution in [3.05, 3.63) is 170 Å². The molecule has 230 valence electrons. The highest BCUT2D eigenvalue weighted by Crippen LogP contribution is 2.44. The first-order chi connectivity index (χ1) is 24.3. The van der Waals surface area contributed by atoms with E-state index in [2.05, 4.69) is 138 Å². The van der Waals surface area contributed by atoms with Crippen molar-refractivity contribution in [2.75, 3.05) is 4.90 Å². The number of oxazole rings is 1. The standard InChI is InChI=1S/C45H28N2O2/c1-3-10-29(11-4-1)31-20-24-34(25-21-31)47(35-26-22-32(23-27-35)30-12-5-2-6-13-30)36-15-7-14-33(28-36)45-46-43-37-16-8-18-39-41(37)42-38(44(43)49-45)17-9-19-40(42)48-39/h1-28H. The normalized spacial score (nSPS) is 11.7. The molecular formula is C45H28N2O2. The molecule has 0 fully saturated rings. The molecule has 0 spiro atoms. The molecule has 0 saturated heterocycles. The smallest absolute Gasteiger partial charge is 0.227 e. The Morgan fingerprint density at radius 1 is 0.388 bits per heavy atom. The van der Waals surface area contributed by atoms with Crippen molar-refractivity contribution in [3.63, 3.8) is 0 Å². The van der Waals surface area contributed by atoms with E-state index in [1.54, 1.807) is 0 Å². The molecule has 0 N–H and O–H groups in total. The van der Waals surface area contributed by atoms with Crippen LogP contribution in [-0.2, 0) is 0 Å². The molecular weight excluding hydrogens is 601 g/mol. The third-order valence-electron chi connectivity index (χ3n) is 9.47. The summed E-state index contributed by atoms with van der Waals surface area (Å²) in [6, 6.07) is 59.2. The van der Waals surface area contributed by atoms with Crippen molar-refractivity contribution >= 4 is 60.9 Å². The summed E-state index contributed by atoms with van der Waals surface area (Å²) in [6.45, 7) is 0. The molecule has 49 heavy (non-hydrogen) atoms. The molecule has 4 heteroatoms. The fourth-order valence-electron chi connectivity index (χ4n) is 7.15. The van der Waals surface area contributed by atoms with Gasteiger partial charge >= 0.3 is 0 Å². The van der Waals surface area contributed by atoms with Crippen LogP contribution in [0.4, 0.5) is 17.1 Å². The second-order valence-electron chi connectivity index (χ2n) is 12.4. The summed E-state index contributed by atoms with van der Waals surface area (Å²) >= 11 is 0. The number of benzene rings is 8. The van der Waals surface area contributed by atoms with Crippen LogP contribution in [0.2, 0.25) is 0 Å². The molecule has 0 saturated carbocycles. The lowest BCUT2D eigenvalue weighted by Gasteiger charge is -2.26. The second kappa shape index (κ2) is 11.0. The largest absolute Gasteiger partial charge is 0.456 e. The predicted octanol–water partition coefficient (Wildman–Crippen LogP) is 12.8. The zero-order valence-corrected chi connectivity index (χ0v) is 26.4. The van der Waals surface area contributed by atoms with E-state index >= 15 is 0 Å². The molecule has 0 aliphatic carbocycles. The summed E-state index contributed by atoms with van der Waals surface area (Å²) in [5.74, 6) is 0.585. The average Bonchev–Trinajstić information content (AvgIpc) is 3.80. The number of hydrogen-bond donors (Lipinski definition) is 0. The van der Waals surface area contributed by atoms with Crippen molar-refractivity contribution < 1.29 is 8.83 Å². The van der Waals surface area contributed by atoms with Crippen LogP contribution < -0.4 is 4.90 Å². The molecule has 8 aromatic carbocycles. The Morgan fingerprint density at radius 2 is 0.898 bits per heavy atom. The van der Waals surface area contributed by atoms with Crippen molar-refractivity contribution in [1.29, 1.82) is 0 Å². The Bertz CT molecular complexity index is 2580. The zero-order chi connectivity index (χ0) is 32.3. The van der Waals surface area contributed by atoms with E-state index in [4.69, 9.17) is 13.8 Å². The van der Waals surface area contributed by atoms with Crippen molar-refractivity contribution in [2.45, 2.75) is 0 Å². The minimum Gasteiger partial charge on any atom is -0.456 e. The van der Waals surface area contributed by atoms with Crippen LogP contribution in [0.15, 0.2) is 179 Å². The number of aromatic nitrogens is 1. The van der Waals surface area contributed by atoms with Crippen molar-refractivity contribution in [3.8, 4) is 33.7 Å². The summed E-state index contributed by atoms with van der Waals surface area (Å²) in [6.07, 6.45) is 0. The summed E-state index contributed by atoms with van der Waals surface area (Å²) < 4.78 is 12.8.